The van der Waals surface area contributed by atoms with E-state index >= 15 is 0 Å². The van der Waals surface area contributed by atoms with Gasteiger partial charge in [0.15, 0.2) is 0 Å². The van der Waals surface area contributed by atoms with Crippen LogP contribution >= 0.6 is 0 Å². The van der Waals surface area contributed by atoms with Crippen LogP contribution in [-0.4, -0.2) is 18.0 Å². The Morgan fingerprint density at radius 1 is 0.900 bits per heavy atom. The minimum atomic E-state index is -1.04. The van der Waals surface area contributed by atoms with Crippen molar-refractivity contribution in [1.29, 1.82) is 0 Å². The number of rotatable bonds is 6. The summed E-state index contributed by atoms with van der Waals surface area (Å²) in [5.41, 5.74) is 3.46. The zero-order valence-corrected chi connectivity index (χ0v) is 15.6. The lowest BCUT2D eigenvalue weighted by atomic mass is 10.2. The fourth-order valence-electron chi connectivity index (χ4n) is 2.36. The van der Waals surface area contributed by atoms with Crippen LogP contribution in [0.5, 0.6) is 5.75 Å². The Balaban J connectivity index is 1.47. The van der Waals surface area contributed by atoms with Gasteiger partial charge in [-0.1, -0.05) is 24.3 Å². The molecule has 6 nitrogen and oxygen atoms in total. The molecule has 0 spiro atoms. The summed E-state index contributed by atoms with van der Waals surface area (Å²) in [6.45, 7) is 0.293. The predicted octanol–water partition coefficient (Wildman–Crippen LogP) is 3.63. The second-order valence-electron chi connectivity index (χ2n) is 6.12. The van der Waals surface area contributed by atoms with Gasteiger partial charge in [0.2, 0.25) is 0 Å². The van der Waals surface area contributed by atoms with Gasteiger partial charge in [0.05, 0.1) is 11.9 Å². The van der Waals surface area contributed by atoms with Crippen molar-refractivity contribution in [2.24, 2.45) is 5.10 Å². The molecule has 0 saturated heterocycles. The summed E-state index contributed by atoms with van der Waals surface area (Å²) < 4.78 is 32.0. The average Bonchev–Trinajstić information content (AvgIpc) is 2.76. The van der Waals surface area contributed by atoms with Crippen LogP contribution in [0.15, 0.2) is 77.9 Å². The topological polar surface area (TPSA) is 79.8 Å². The molecule has 0 heterocycles. The van der Waals surface area contributed by atoms with Crippen LogP contribution in [0.4, 0.5) is 14.5 Å². The van der Waals surface area contributed by atoms with Gasteiger partial charge in [-0.25, -0.2) is 14.2 Å². The van der Waals surface area contributed by atoms with E-state index in [0.29, 0.717) is 17.9 Å². The van der Waals surface area contributed by atoms with Gasteiger partial charge in [-0.05, 0) is 59.7 Å². The van der Waals surface area contributed by atoms with Crippen LogP contribution in [0.3, 0.4) is 0 Å². The van der Waals surface area contributed by atoms with Gasteiger partial charge in [-0.2, -0.15) is 5.10 Å². The second-order valence-corrected chi connectivity index (χ2v) is 6.12. The molecule has 3 rings (SSSR count). The highest BCUT2D eigenvalue weighted by Gasteiger charge is 2.14. The summed E-state index contributed by atoms with van der Waals surface area (Å²) in [6.07, 6.45) is 1.35. The lowest BCUT2D eigenvalue weighted by molar-refractivity contribution is -0.136. The highest BCUT2D eigenvalue weighted by Crippen LogP contribution is 2.14. The summed E-state index contributed by atoms with van der Waals surface area (Å²) >= 11 is 0. The molecule has 3 aromatic carbocycles. The van der Waals surface area contributed by atoms with Gasteiger partial charge in [0.1, 0.15) is 24.0 Å². The molecule has 0 aliphatic carbocycles. The number of ether oxygens (including phenoxy) is 1. The fourth-order valence-corrected chi connectivity index (χ4v) is 2.36. The number of carbonyl (C=O) groups excluding carboxylic acids is 2. The zero-order chi connectivity index (χ0) is 21.3. The number of anilines is 1. The average molecular weight is 409 g/mol. The Labute approximate surface area is 171 Å². The molecule has 0 saturated carbocycles. The summed E-state index contributed by atoms with van der Waals surface area (Å²) in [7, 11) is 0. The van der Waals surface area contributed by atoms with E-state index in [9.17, 15) is 18.4 Å². The first kappa shape index (κ1) is 20.7. The van der Waals surface area contributed by atoms with E-state index in [-0.39, 0.29) is 11.5 Å². The molecule has 0 aliphatic heterocycles. The fraction of sp³-hybridized carbons (Fsp3) is 0.0455. The number of nitrogens with one attached hydrogen (secondary N) is 2. The van der Waals surface area contributed by atoms with Crippen molar-refractivity contribution in [3.05, 3.63) is 95.6 Å². The molecular formula is C22H17F2N3O3. The first-order valence-corrected chi connectivity index (χ1v) is 8.87. The van der Waals surface area contributed by atoms with E-state index in [1.807, 2.05) is 0 Å². The molecule has 0 atom stereocenters. The Kier molecular flexibility index (Phi) is 6.83. The maximum absolute atomic E-state index is 13.5. The highest BCUT2D eigenvalue weighted by molar-refractivity contribution is 6.39. The number of hydrogen-bond donors (Lipinski definition) is 2. The van der Waals surface area contributed by atoms with Crippen LogP contribution in [-0.2, 0) is 16.2 Å². The third-order valence-corrected chi connectivity index (χ3v) is 3.91. The number of benzene rings is 3. The molecule has 30 heavy (non-hydrogen) atoms. The van der Waals surface area contributed by atoms with Crippen molar-refractivity contribution >= 4 is 23.7 Å². The third kappa shape index (κ3) is 5.96. The predicted molar refractivity (Wildman–Crippen MR) is 108 cm³/mol. The molecule has 0 aliphatic rings. The van der Waals surface area contributed by atoms with Gasteiger partial charge < -0.3 is 10.1 Å². The number of hydrazone groups is 1. The number of halogens is 2. The van der Waals surface area contributed by atoms with E-state index < -0.39 is 17.6 Å². The number of para-hydroxylation sites is 1. The van der Waals surface area contributed by atoms with Gasteiger partial charge in [-0.15, -0.1) is 0 Å². The Morgan fingerprint density at radius 3 is 2.30 bits per heavy atom. The third-order valence-electron chi connectivity index (χ3n) is 3.91. The van der Waals surface area contributed by atoms with Crippen LogP contribution < -0.4 is 15.5 Å². The lowest BCUT2D eigenvalue weighted by Crippen LogP contribution is -2.32. The van der Waals surface area contributed by atoms with E-state index in [1.54, 1.807) is 36.4 Å². The molecule has 0 radical (unpaired) electrons. The van der Waals surface area contributed by atoms with Crippen molar-refractivity contribution in [3.63, 3.8) is 0 Å². The van der Waals surface area contributed by atoms with Gasteiger partial charge in [0.25, 0.3) is 0 Å². The van der Waals surface area contributed by atoms with E-state index in [0.717, 1.165) is 5.56 Å². The number of carbonyl (C=O) groups is 2. The molecule has 0 aromatic heterocycles. The second kappa shape index (κ2) is 9.92. The minimum Gasteiger partial charge on any atom is -0.489 e. The van der Waals surface area contributed by atoms with Crippen LogP contribution in [0.1, 0.15) is 11.1 Å². The van der Waals surface area contributed by atoms with Crippen LogP contribution in [0.25, 0.3) is 0 Å². The van der Waals surface area contributed by atoms with Gasteiger partial charge in [0, 0.05) is 0 Å². The maximum Gasteiger partial charge on any atom is 0.329 e. The largest absolute Gasteiger partial charge is 0.489 e. The minimum absolute atomic E-state index is 0.0992. The van der Waals surface area contributed by atoms with Crippen LogP contribution in [0.2, 0.25) is 0 Å². The summed E-state index contributed by atoms with van der Waals surface area (Å²) in [5.74, 6) is -2.43. The Bertz CT molecular complexity index is 1050. The standard InChI is InChI=1S/C22H17F2N3O3/c23-17-9-5-16(6-10-17)14-30-18-11-7-15(8-12-18)13-25-27-22(29)21(28)26-20-4-2-1-3-19(20)24/h1-13H,14H2,(H,26,28)(H,27,29)/b25-13-. The van der Waals surface area contributed by atoms with Crippen molar-refractivity contribution in [2.75, 3.05) is 5.32 Å². The lowest BCUT2D eigenvalue weighted by Gasteiger charge is -2.06. The molecule has 3 aromatic rings. The molecule has 0 unspecified atom stereocenters. The van der Waals surface area contributed by atoms with Crippen molar-refractivity contribution in [3.8, 4) is 5.75 Å². The van der Waals surface area contributed by atoms with Crippen molar-refractivity contribution in [1.82, 2.24) is 5.43 Å². The Hall–Kier alpha value is -4.07. The van der Waals surface area contributed by atoms with Crippen molar-refractivity contribution < 1.29 is 23.1 Å². The molecule has 0 bridgehead atoms. The molecule has 2 N–H and O–H groups in total. The first-order valence-electron chi connectivity index (χ1n) is 8.87. The SMILES string of the molecule is O=C(N/N=C\c1ccc(OCc2ccc(F)cc2)cc1)C(=O)Nc1ccccc1F. The van der Waals surface area contributed by atoms with Gasteiger partial charge in [-0.3, -0.25) is 9.59 Å². The number of amides is 2. The highest BCUT2D eigenvalue weighted by atomic mass is 19.1. The zero-order valence-electron chi connectivity index (χ0n) is 15.6. The number of nitrogens with zero attached hydrogens (tertiary/aromatic N) is 1. The Morgan fingerprint density at radius 2 is 1.60 bits per heavy atom. The molecular weight excluding hydrogens is 392 g/mol. The summed E-state index contributed by atoms with van der Waals surface area (Å²) in [4.78, 5) is 23.5. The van der Waals surface area contributed by atoms with E-state index in [2.05, 4.69) is 15.8 Å². The number of hydrogen-bond acceptors (Lipinski definition) is 4. The monoisotopic (exact) mass is 409 g/mol. The molecule has 8 heteroatoms. The maximum atomic E-state index is 13.5. The first-order chi connectivity index (χ1) is 14.5. The van der Waals surface area contributed by atoms with Crippen molar-refractivity contribution in [2.45, 2.75) is 6.61 Å². The summed E-state index contributed by atoms with van der Waals surface area (Å²) in [5, 5.41) is 5.86. The van der Waals surface area contributed by atoms with Gasteiger partial charge >= 0.3 is 11.8 Å². The van der Waals surface area contributed by atoms with Crippen LogP contribution in [0, 0.1) is 11.6 Å². The molecule has 2 amide bonds. The molecule has 152 valence electrons. The molecule has 0 fully saturated rings. The normalized spacial score (nSPS) is 10.6. The quantitative estimate of drug-likeness (QED) is 0.371. The van der Waals surface area contributed by atoms with E-state index in [1.165, 1.54) is 42.6 Å². The van der Waals surface area contributed by atoms with E-state index in [4.69, 9.17) is 4.74 Å². The summed E-state index contributed by atoms with van der Waals surface area (Å²) in [6, 6.07) is 18.3. The smallest absolute Gasteiger partial charge is 0.329 e.